The summed E-state index contributed by atoms with van der Waals surface area (Å²) in [5, 5.41) is 8.04. The molecule has 2 rings (SSSR count). The molecular formula is C19H27Cl2IN4. The first-order valence-electron chi connectivity index (χ1n) is 8.55. The van der Waals surface area contributed by atoms with Crippen molar-refractivity contribution in [3.8, 4) is 0 Å². The van der Waals surface area contributed by atoms with Crippen LogP contribution < -0.4 is 22.1 Å². The fourth-order valence-electron chi connectivity index (χ4n) is 2.42. The number of halogens is 3. The molecular weight excluding hydrogens is 482 g/mol. The summed E-state index contributed by atoms with van der Waals surface area (Å²) in [4.78, 5) is 2.46. The Labute approximate surface area is 173 Å². The third kappa shape index (κ3) is 7.29. The van der Waals surface area contributed by atoms with Gasteiger partial charge >= 0.3 is 174 Å². The summed E-state index contributed by atoms with van der Waals surface area (Å²) in [6.07, 6.45) is 2.40. The summed E-state index contributed by atoms with van der Waals surface area (Å²) < 4.78 is 2.71. The van der Waals surface area contributed by atoms with Crippen molar-refractivity contribution in [2.24, 2.45) is 0 Å². The first kappa shape index (κ1) is 21.3. The number of nitrogens with one attached hydrogen (secondary N) is 2. The van der Waals surface area contributed by atoms with Crippen LogP contribution >= 0.6 is 43.0 Å². The third-order valence-corrected chi connectivity index (χ3v) is 9.79. The van der Waals surface area contributed by atoms with Crippen molar-refractivity contribution in [3.05, 3.63) is 46.4 Å². The second-order valence-corrected chi connectivity index (χ2v) is 13.2. The molecule has 0 aliphatic carbocycles. The van der Waals surface area contributed by atoms with Gasteiger partial charge in [0, 0.05) is 0 Å². The Morgan fingerprint density at radius 3 is 1.62 bits per heavy atom. The molecule has 0 spiro atoms. The van der Waals surface area contributed by atoms with Gasteiger partial charge in [-0.05, 0) is 0 Å². The molecule has 0 aliphatic rings. The van der Waals surface area contributed by atoms with Crippen molar-refractivity contribution >= 4 is 65.8 Å². The Morgan fingerprint density at radius 2 is 1.23 bits per heavy atom. The molecule has 26 heavy (non-hydrogen) atoms. The fraction of sp³-hybridized carbons (Fsp3) is 0.368. The van der Waals surface area contributed by atoms with Gasteiger partial charge in [-0.1, -0.05) is 0 Å². The first-order valence-corrected chi connectivity index (χ1v) is 14.5. The maximum atomic E-state index is 6.03. The van der Waals surface area contributed by atoms with Gasteiger partial charge in [0.05, 0.1) is 0 Å². The fourth-order valence-corrected chi connectivity index (χ4v) is 6.69. The number of nitrogen functional groups attached to an aromatic ring is 2. The molecule has 7 heteroatoms. The standard InChI is InChI=1S/C19H27Cl2IN4/c1-22(8-2-10-25-14-4-6-18(23)16(20)12-14)9-3-11-26-15-5-7-19(24)17(21)13-15/h4-7,12-13,25-26H,2-3,8-11,23-24H2,1H3. The molecule has 0 radical (unpaired) electrons. The summed E-state index contributed by atoms with van der Waals surface area (Å²) in [5.74, 6) is 0. The molecule has 0 heterocycles. The van der Waals surface area contributed by atoms with E-state index in [1.807, 2.05) is 36.4 Å². The molecule has 0 aromatic heterocycles. The van der Waals surface area contributed by atoms with Crippen molar-refractivity contribution in [2.45, 2.75) is 12.8 Å². The molecule has 6 N–H and O–H groups in total. The van der Waals surface area contributed by atoms with Gasteiger partial charge in [-0.3, -0.25) is 0 Å². The summed E-state index contributed by atoms with van der Waals surface area (Å²) in [6, 6.07) is 11.4. The monoisotopic (exact) mass is 508 g/mol. The van der Waals surface area contributed by atoms with Crippen LogP contribution in [0.5, 0.6) is 0 Å². The predicted octanol–water partition coefficient (Wildman–Crippen LogP) is 5.60. The number of nitrogens with two attached hydrogens (primary N) is 2. The van der Waals surface area contributed by atoms with Crippen molar-refractivity contribution in [1.82, 2.24) is 0 Å². The van der Waals surface area contributed by atoms with E-state index in [0.717, 1.165) is 24.5 Å². The van der Waals surface area contributed by atoms with Crippen LogP contribution in [0.25, 0.3) is 0 Å². The topological polar surface area (TPSA) is 76.1 Å². The van der Waals surface area contributed by atoms with Crippen LogP contribution in [0.1, 0.15) is 12.8 Å². The molecule has 2 aromatic rings. The third-order valence-electron chi connectivity index (χ3n) is 3.93. The van der Waals surface area contributed by atoms with Crippen LogP contribution in [0.15, 0.2) is 36.4 Å². The summed E-state index contributed by atoms with van der Waals surface area (Å²) >= 11 is 11.2. The van der Waals surface area contributed by atoms with Crippen LogP contribution in [-0.4, -0.2) is 26.9 Å². The Hall–Kier alpha value is -1.05. The second-order valence-electron chi connectivity index (χ2n) is 6.13. The average molecular weight is 509 g/mol. The average Bonchev–Trinajstić information content (AvgIpc) is 2.61. The van der Waals surface area contributed by atoms with Gasteiger partial charge in [-0.25, -0.2) is 0 Å². The first-order chi connectivity index (χ1) is 12.5. The summed E-state index contributed by atoms with van der Waals surface area (Å²) in [6.45, 7) is 1.95. The van der Waals surface area contributed by atoms with E-state index in [4.69, 9.17) is 34.7 Å². The van der Waals surface area contributed by atoms with E-state index in [1.54, 1.807) is 0 Å². The molecule has 144 valence electrons. The Balaban J connectivity index is 1.56. The minimum atomic E-state index is -0.835. The molecule has 0 saturated carbocycles. The van der Waals surface area contributed by atoms with Crippen molar-refractivity contribution < 1.29 is 0 Å². The van der Waals surface area contributed by atoms with Crippen LogP contribution in [0.3, 0.4) is 0 Å². The second kappa shape index (κ2) is 10.9. The van der Waals surface area contributed by atoms with Crippen molar-refractivity contribution in [3.63, 3.8) is 0 Å². The van der Waals surface area contributed by atoms with E-state index in [2.05, 4.69) is 15.6 Å². The van der Waals surface area contributed by atoms with Gasteiger partial charge < -0.3 is 0 Å². The van der Waals surface area contributed by atoms with E-state index in [-0.39, 0.29) is 0 Å². The molecule has 0 fully saturated rings. The van der Waals surface area contributed by atoms with Gasteiger partial charge in [0.1, 0.15) is 0 Å². The van der Waals surface area contributed by atoms with Gasteiger partial charge in [0.25, 0.3) is 0 Å². The maximum absolute atomic E-state index is 6.03. The molecule has 0 unspecified atom stereocenters. The Morgan fingerprint density at radius 1 is 0.808 bits per heavy atom. The predicted molar refractivity (Wildman–Crippen MR) is 128 cm³/mol. The molecule has 4 nitrogen and oxygen atoms in total. The zero-order chi connectivity index (χ0) is 18.9. The van der Waals surface area contributed by atoms with Crippen LogP contribution in [0, 0.1) is 0 Å². The minimum absolute atomic E-state index is 0.605. The van der Waals surface area contributed by atoms with E-state index >= 15 is 0 Å². The molecule has 0 atom stereocenters. The van der Waals surface area contributed by atoms with Crippen LogP contribution in [0.4, 0.5) is 22.7 Å². The van der Waals surface area contributed by atoms with Gasteiger partial charge in [-0.2, -0.15) is 0 Å². The van der Waals surface area contributed by atoms with E-state index in [0.29, 0.717) is 21.4 Å². The van der Waals surface area contributed by atoms with Crippen LogP contribution in [-0.2, 0) is 0 Å². The normalized spacial score (nSPS) is 11.3. The van der Waals surface area contributed by atoms with Crippen molar-refractivity contribution in [1.29, 1.82) is 0 Å². The van der Waals surface area contributed by atoms with Gasteiger partial charge in [-0.15, -0.1) is 0 Å². The zero-order valence-corrected chi connectivity index (χ0v) is 18.7. The zero-order valence-electron chi connectivity index (χ0n) is 15.0. The molecule has 0 aliphatic heterocycles. The van der Waals surface area contributed by atoms with Crippen molar-refractivity contribution in [2.75, 3.05) is 49.0 Å². The number of hydrogen-bond acceptors (Lipinski definition) is 4. The van der Waals surface area contributed by atoms with E-state index in [9.17, 15) is 0 Å². The molecule has 0 saturated heterocycles. The molecule has 0 bridgehead atoms. The van der Waals surface area contributed by atoms with Crippen LogP contribution in [0.2, 0.25) is 10.0 Å². The Kier molecular flexibility index (Phi) is 8.95. The van der Waals surface area contributed by atoms with Gasteiger partial charge in [0.2, 0.25) is 0 Å². The molecule has 0 amide bonds. The number of benzene rings is 2. The number of alkyl halides is 3. The Bertz CT molecular complexity index is 652. The number of hydrogen-bond donors (Lipinski definition) is 4. The van der Waals surface area contributed by atoms with E-state index < -0.39 is 19.8 Å². The molecule has 2 aromatic carbocycles. The quantitative estimate of drug-likeness (QED) is 0.146. The summed E-state index contributed by atoms with van der Waals surface area (Å²) in [7, 11) is 0. The van der Waals surface area contributed by atoms with E-state index in [1.165, 1.54) is 21.7 Å². The SMILES string of the molecule is CI(CCCNc1ccc(N)c(Cl)c1)CCCNc1ccc(N)c(Cl)c1. The number of rotatable bonds is 10. The number of anilines is 4. The van der Waals surface area contributed by atoms with Gasteiger partial charge in [0.15, 0.2) is 0 Å². The summed E-state index contributed by atoms with van der Waals surface area (Å²) in [5.41, 5.74) is 14.8.